The number of aromatic amines is 1. The van der Waals surface area contributed by atoms with E-state index in [4.69, 9.17) is 0 Å². The Labute approximate surface area is 151 Å². The second kappa shape index (κ2) is 6.02. The lowest BCUT2D eigenvalue weighted by atomic mass is 9.97. The van der Waals surface area contributed by atoms with Gasteiger partial charge in [-0.3, -0.25) is 9.78 Å². The third-order valence-corrected chi connectivity index (χ3v) is 5.23. The summed E-state index contributed by atoms with van der Waals surface area (Å²) in [4.78, 5) is 20.1. The number of benzene rings is 1. The average Bonchev–Trinajstić information content (AvgIpc) is 3.14. The van der Waals surface area contributed by atoms with Gasteiger partial charge in [0.25, 0.3) is 5.91 Å². The van der Waals surface area contributed by atoms with E-state index in [0.29, 0.717) is 6.54 Å². The maximum absolute atomic E-state index is 12.0. The number of anilines is 1. The van der Waals surface area contributed by atoms with Gasteiger partial charge in [-0.15, -0.1) is 0 Å². The van der Waals surface area contributed by atoms with Gasteiger partial charge in [-0.1, -0.05) is 18.2 Å². The number of amides is 1. The Hall–Kier alpha value is -3.08. The third kappa shape index (κ3) is 2.47. The van der Waals surface area contributed by atoms with Gasteiger partial charge in [0.15, 0.2) is 0 Å². The SMILES string of the molecule is O=C1NCCc2[nH]c(-c3ccnc(-c4cccc5c4NCCC5)c3)cc21. The lowest BCUT2D eigenvalue weighted by Gasteiger charge is -2.21. The van der Waals surface area contributed by atoms with Crippen LogP contribution in [0.25, 0.3) is 22.5 Å². The van der Waals surface area contributed by atoms with Crippen LogP contribution in [0.5, 0.6) is 0 Å². The molecular weight excluding hydrogens is 324 g/mol. The van der Waals surface area contributed by atoms with Crippen molar-refractivity contribution in [2.45, 2.75) is 19.3 Å². The number of nitrogens with one attached hydrogen (secondary N) is 3. The highest BCUT2D eigenvalue weighted by Gasteiger charge is 2.20. The summed E-state index contributed by atoms with van der Waals surface area (Å²) in [6.07, 6.45) is 4.95. The van der Waals surface area contributed by atoms with Gasteiger partial charge in [-0.05, 0) is 36.6 Å². The van der Waals surface area contributed by atoms with Crippen molar-refractivity contribution in [1.29, 1.82) is 0 Å². The first-order valence-corrected chi connectivity index (χ1v) is 9.12. The molecule has 0 saturated heterocycles. The van der Waals surface area contributed by atoms with Gasteiger partial charge in [0.2, 0.25) is 0 Å². The number of carbonyl (C=O) groups is 1. The van der Waals surface area contributed by atoms with E-state index < -0.39 is 0 Å². The summed E-state index contributed by atoms with van der Waals surface area (Å²) in [5, 5.41) is 6.43. The highest BCUT2D eigenvalue weighted by molar-refractivity contribution is 5.97. The van der Waals surface area contributed by atoms with E-state index in [2.05, 4.69) is 44.9 Å². The minimum Gasteiger partial charge on any atom is -0.384 e. The highest BCUT2D eigenvalue weighted by atomic mass is 16.1. The van der Waals surface area contributed by atoms with Gasteiger partial charge >= 0.3 is 0 Å². The molecule has 0 spiro atoms. The predicted octanol–water partition coefficient (Wildman–Crippen LogP) is 3.39. The van der Waals surface area contributed by atoms with Crippen LogP contribution >= 0.6 is 0 Å². The van der Waals surface area contributed by atoms with Crippen LogP contribution in [-0.2, 0) is 12.8 Å². The number of para-hydroxylation sites is 1. The zero-order chi connectivity index (χ0) is 17.5. The molecule has 3 aromatic rings. The first kappa shape index (κ1) is 15.2. The second-order valence-corrected chi connectivity index (χ2v) is 6.88. The van der Waals surface area contributed by atoms with Gasteiger partial charge in [-0.25, -0.2) is 0 Å². The van der Waals surface area contributed by atoms with Gasteiger partial charge in [0.1, 0.15) is 0 Å². The van der Waals surface area contributed by atoms with E-state index in [1.165, 1.54) is 17.7 Å². The minimum absolute atomic E-state index is 0.00404. The van der Waals surface area contributed by atoms with Crippen LogP contribution in [0.4, 0.5) is 5.69 Å². The first-order valence-electron chi connectivity index (χ1n) is 9.12. The van der Waals surface area contributed by atoms with Crippen molar-refractivity contribution >= 4 is 11.6 Å². The minimum atomic E-state index is 0.00404. The molecule has 26 heavy (non-hydrogen) atoms. The quantitative estimate of drug-likeness (QED) is 0.667. The monoisotopic (exact) mass is 344 g/mol. The van der Waals surface area contributed by atoms with Gasteiger partial charge < -0.3 is 15.6 Å². The van der Waals surface area contributed by atoms with Crippen LogP contribution in [-0.4, -0.2) is 29.0 Å². The normalized spacial score (nSPS) is 15.6. The highest BCUT2D eigenvalue weighted by Crippen LogP contribution is 2.34. The van der Waals surface area contributed by atoms with Crippen molar-refractivity contribution in [3.05, 3.63) is 59.4 Å². The van der Waals surface area contributed by atoms with E-state index in [0.717, 1.165) is 53.2 Å². The number of carbonyl (C=O) groups excluding carboxylic acids is 1. The molecule has 5 nitrogen and oxygen atoms in total. The topological polar surface area (TPSA) is 69.8 Å². The first-order chi connectivity index (χ1) is 12.8. The maximum Gasteiger partial charge on any atom is 0.253 e. The summed E-state index contributed by atoms with van der Waals surface area (Å²) < 4.78 is 0. The lowest BCUT2D eigenvalue weighted by molar-refractivity contribution is 0.0946. The smallest absolute Gasteiger partial charge is 0.253 e. The summed E-state index contributed by atoms with van der Waals surface area (Å²) >= 11 is 0. The Bertz CT molecular complexity index is 1000. The number of aryl methyl sites for hydroxylation is 1. The van der Waals surface area contributed by atoms with Crippen LogP contribution in [0, 0.1) is 0 Å². The fraction of sp³-hybridized carbons (Fsp3) is 0.238. The van der Waals surface area contributed by atoms with Crippen molar-refractivity contribution in [2.75, 3.05) is 18.4 Å². The molecule has 2 aliphatic rings. The van der Waals surface area contributed by atoms with Gasteiger partial charge in [0, 0.05) is 53.9 Å². The summed E-state index contributed by atoms with van der Waals surface area (Å²) in [5.41, 5.74) is 8.42. The van der Waals surface area contributed by atoms with Crippen LogP contribution in [0.3, 0.4) is 0 Å². The molecule has 5 rings (SSSR count). The summed E-state index contributed by atoms with van der Waals surface area (Å²) in [6.45, 7) is 1.69. The number of H-pyrrole nitrogens is 1. The molecule has 130 valence electrons. The number of pyridine rings is 1. The molecule has 1 amide bonds. The Kier molecular flexibility index (Phi) is 3.52. The molecular formula is C21H20N4O. The van der Waals surface area contributed by atoms with Crippen molar-refractivity contribution in [3.8, 4) is 22.5 Å². The Morgan fingerprint density at radius 2 is 1.92 bits per heavy atom. The Morgan fingerprint density at radius 3 is 2.85 bits per heavy atom. The molecule has 5 heteroatoms. The number of nitrogens with zero attached hydrogens (tertiary/aromatic N) is 1. The van der Waals surface area contributed by atoms with E-state index >= 15 is 0 Å². The van der Waals surface area contributed by atoms with E-state index in [9.17, 15) is 4.79 Å². The zero-order valence-electron chi connectivity index (χ0n) is 14.4. The van der Waals surface area contributed by atoms with Crippen LogP contribution in [0.15, 0.2) is 42.6 Å². The molecule has 0 bridgehead atoms. The largest absolute Gasteiger partial charge is 0.384 e. The van der Waals surface area contributed by atoms with Crippen LogP contribution < -0.4 is 10.6 Å². The Morgan fingerprint density at radius 1 is 0.962 bits per heavy atom. The standard InChI is InChI=1S/C21H20N4O/c26-21-16-12-18(25-17(16)7-10-24-21)14-6-9-22-19(11-14)15-5-1-3-13-4-2-8-23-20(13)15/h1,3,5-6,9,11-12,23,25H,2,4,7-8,10H2,(H,24,26). The molecule has 1 aromatic carbocycles. The van der Waals surface area contributed by atoms with Crippen molar-refractivity contribution in [1.82, 2.24) is 15.3 Å². The van der Waals surface area contributed by atoms with Crippen LogP contribution in [0.1, 0.15) is 28.0 Å². The number of aromatic nitrogens is 2. The zero-order valence-corrected chi connectivity index (χ0v) is 14.4. The fourth-order valence-electron chi connectivity index (χ4n) is 3.92. The van der Waals surface area contributed by atoms with E-state index in [1.807, 2.05) is 18.3 Å². The van der Waals surface area contributed by atoms with Crippen LogP contribution in [0.2, 0.25) is 0 Å². The van der Waals surface area contributed by atoms with Gasteiger partial charge in [0.05, 0.1) is 11.3 Å². The number of fused-ring (bicyclic) bond motifs is 2. The third-order valence-electron chi connectivity index (χ3n) is 5.23. The average molecular weight is 344 g/mol. The molecule has 0 fully saturated rings. The number of hydrogen-bond donors (Lipinski definition) is 3. The lowest BCUT2D eigenvalue weighted by Crippen LogP contribution is -2.31. The molecule has 4 heterocycles. The van der Waals surface area contributed by atoms with E-state index in [-0.39, 0.29) is 5.91 Å². The second-order valence-electron chi connectivity index (χ2n) is 6.88. The molecule has 0 unspecified atom stereocenters. The maximum atomic E-state index is 12.0. The predicted molar refractivity (Wildman–Crippen MR) is 102 cm³/mol. The van der Waals surface area contributed by atoms with Crippen molar-refractivity contribution < 1.29 is 4.79 Å². The molecule has 0 radical (unpaired) electrons. The van der Waals surface area contributed by atoms with Crippen molar-refractivity contribution in [3.63, 3.8) is 0 Å². The molecule has 0 atom stereocenters. The fourth-order valence-corrected chi connectivity index (χ4v) is 3.92. The van der Waals surface area contributed by atoms with Gasteiger partial charge in [-0.2, -0.15) is 0 Å². The summed E-state index contributed by atoms with van der Waals surface area (Å²) in [5.74, 6) is 0.00404. The molecule has 2 aromatic heterocycles. The number of rotatable bonds is 2. The molecule has 0 aliphatic carbocycles. The molecule has 3 N–H and O–H groups in total. The summed E-state index contributed by atoms with van der Waals surface area (Å²) in [7, 11) is 0. The molecule has 2 aliphatic heterocycles. The van der Waals surface area contributed by atoms with Crippen molar-refractivity contribution in [2.24, 2.45) is 0 Å². The molecule has 0 saturated carbocycles. The summed E-state index contributed by atoms with van der Waals surface area (Å²) in [6, 6.07) is 12.4. The Balaban J connectivity index is 1.58. The number of hydrogen-bond acceptors (Lipinski definition) is 3. The van der Waals surface area contributed by atoms with E-state index in [1.54, 1.807) is 0 Å².